The van der Waals surface area contributed by atoms with Gasteiger partial charge < -0.3 is 14.6 Å². The van der Waals surface area contributed by atoms with Crippen LogP contribution in [-0.2, 0) is 19.1 Å². The van der Waals surface area contributed by atoms with Gasteiger partial charge in [-0.25, -0.2) is 0 Å². The van der Waals surface area contributed by atoms with Crippen LogP contribution in [0.4, 0.5) is 0 Å². The van der Waals surface area contributed by atoms with Gasteiger partial charge >= 0.3 is 11.9 Å². The smallest absolute Gasteiger partial charge is 0.305 e. The quantitative estimate of drug-likeness (QED) is 0.526. The molecule has 0 bridgehead atoms. The fraction of sp³-hybridized carbons (Fsp3) is 0.929. The van der Waals surface area contributed by atoms with Crippen molar-refractivity contribution in [1.82, 2.24) is 0 Å². The fourth-order valence-corrected chi connectivity index (χ4v) is 9.49. The number of hydrogen-bond acceptors (Lipinski definition) is 5. The maximum Gasteiger partial charge on any atom is 0.305 e. The minimum Gasteiger partial charge on any atom is -0.469 e. The summed E-state index contributed by atoms with van der Waals surface area (Å²) in [4.78, 5) is 23.1. The van der Waals surface area contributed by atoms with Crippen LogP contribution >= 0.6 is 0 Å². The molecule has 0 saturated heterocycles. The molecule has 4 fully saturated rings. The molecule has 33 heavy (non-hydrogen) atoms. The molecule has 0 aromatic rings. The summed E-state index contributed by atoms with van der Waals surface area (Å²) >= 11 is 0. The number of hydrogen-bond donors (Lipinski definition) is 1. The maximum absolute atomic E-state index is 11.5. The number of rotatable bonds is 6. The third-order valence-electron chi connectivity index (χ3n) is 11.0. The van der Waals surface area contributed by atoms with E-state index in [1.54, 1.807) is 0 Å². The van der Waals surface area contributed by atoms with Gasteiger partial charge in [-0.05, 0) is 111 Å². The summed E-state index contributed by atoms with van der Waals surface area (Å²) in [5.41, 5.74) is 0.563. The topological polar surface area (TPSA) is 72.8 Å². The Morgan fingerprint density at radius 2 is 1.64 bits per heavy atom. The van der Waals surface area contributed by atoms with Crippen LogP contribution in [0, 0.1) is 46.3 Å². The molecule has 1 N–H and O–H groups in total. The predicted molar refractivity (Wildman–Crippen MR) is 127 cm³/mol. The van der Waals surface area contributed by atoms with Crippen LogP contribution in [-0.4, -0.2) is 36.4 Å². The Morgan fingerprint density at radius 1 is 0.970 bits per heavy atom. The molecule has 5 nitrogen and oxygen atoms in total. The van der Waals surface area contributed by atoms with Crippen LogP contribution in [0.1, 0.15) is 98.3 Å². The lowest BCUT2D eigenvalue weighted by Crippen LogP contribution is -2.58. The largest absolute Gasteiger partial charge is 0.469 e. The summed E-state index contributed by atoms with van der Waals surface area (Å²) in [5, 5.41) is 11.2. The predicted octanol–water partition coefficient (Wildman–Crippen LogP) is 5.53. The Bertz CT molecular complexity index is 736. The number of aliphatic hydroxyl groups is 1. The zero-order chi connectivity index (χ0) is 24.0. The molecule has 4 saturated carbocycles. The van der Waals surface area contributed by atoms with Gasteiger partial charge in [0.25, 0.3) is 0 Å². The van der Waals surface area contributed by atoms with Gasteiger partial charge in [-0.1, -0.05) is 20.8 Å². The SMILES string of the molecule is COC(=O)CCC[C@@H](C)[C@H]1CCC2C3CCC4C(O)[C@@H](OC(C)=O)CC[C@]4(C)C3CC[C@@]21C. The number of esters is 2. The molecule has 4 aliphatic carbocycles. The number of carbonyl (C=O) groups excluding carboxylic acids is 2. The van der Waals surface area contributed by atoms with Gasteiger partial charge in [0.2, 0.25) is 0 Å². The summed E-state index contributed by atoms with van der Waals surface area (Å²) < 4.78 is 10.3. The number of ether oxygens (including phenoxy) is 2. The molecular weight excluding hydrogens is 416 g/mol. The zero-order valence-electron chi connectivity index (χ0n) is 21.5. The number of carbonyl (C=O) groups is 2. The number of methoxy groups -OCH3 is 1. The molecule has 10 atom stereocenters. The lowest BCUT2D eigenvalue weighted by molar-refractivity contribution is -0.191. The van der Waals surface area contributed by atoms with Gasteiger partial charge in [0, 0.05) is 13.3 Å². The average molecular weight is 463 g/mol. The molecule has 0 radical (unpaired) electrons. The van der Waals surface area contributed by atoms with E-state index in [9.17, 15) is 14.7 Å². The third-order valence-corrected chi connectivity index (χ3v) is 11.0. The molecule has 0 amide bonds. The first-order valence-electron chi connectivity index (χ1n) is 13.5. The summed E-state index contributed by atoms with van der Waals surface area (Å²) in [6, 6.07) is 0. The molecule has 0 spiro atoms. The Balaban J connectivity index is 1.44. The molecular formula is C28H46O5. The van der Waals surface area contributed by atoms with Crippen LogP contribution in [0.15, 0.2) is 0 Å². The molecule has 5 heteroatoms. The second-order valence-corrected chi connectivity index (χ2v) is 12.4. The van der Waals surface area contributed by atoms with Gasteiger partial charge in [0.05, 0.1) is 13.2 Å². The van der Waals surface area contributed by atoms with Crippen molar-refractivity contribution in [3.8, 4) is 0 Å². The van der Waals surface area contributed by atoms with Crippen molar-refractivity contribution in [1.29, 1.82) is 0 Å². The highest BCUT2D eigenvalue weighted by Crippen LogP contribution is 2.68. The molecule has 0 aromatic carbocycles. The number of fused-ring (bicyclic) bond motifs is 5. The third kappa shape index (κ3) is 4.36. The number of aliphatic hydroxyl groups excluding tert-OH is 1. The maximum atomic E-state index is 11.5. The van der Waals surface area contributed by atoms with E-state index >= 15 is 0 Å². The Hall–Kier alpha value is -1.10. The van der Waals surface area contributed by atoms with E-state index < -0.39 is 6.10 Å². The second-order valence-electron chi connectivity index (χ2n) is 12.4. The van der Waals surface area contributed by atoms with Crippen molar-refractivity contribution < 1.29 is 24.2 Å². The molecule has 5 unspecified atom stereocenters. The van der Waals surface area contributed by atoms with Crippen LogP contribution in [0.2, 0.25) is 0 Å². The lowest BCUT2D eigenvalue weighted by atomic mass is 9.44. The van der Waals surface area contributed by atoms with Gasteiger partial charge in [-0.15, -0.1) is 0 Å². The first-order valence-corrected chi connectivity index (χ1v) is 13.5. The minimum atomic E-state index is -0.520. The summed E-state index contributed by atoms with van der Waals surface area (Å²) in [6.07, 6.45) is 11.1. The molecule has 0 aliphatic heterocycles. The molecule has 0 heterocycles. The van der Waals surface area contributed by atoms with Crippen LogP contribution < -0.4 is 0 Å². The minimum absolute atomic E-state index is 0.0890. The Labute approximate surface area is 200 Å². The highest BCUT2D eigenvalue weighted by atomic mass is 16.6. The van der Waals surface area contributed by atoms with E-state index in [1.165, 1.54) is 46.1 Å². The fourth-order valence-electron chi connectivity index (χ4n) is 9.49. The highest BCUT2D eigenvalue weighted by molar-refractivity contribution is 5.69. The van der Waals surface area contributed by atoms with E-state index in [-0.39, 0.29) is 29.4 Å². The zero-order valence-corrected chi connectivity index (χ0v) is 21.5. The van der Waals surface area contributed by atoms with Gasteiger partial charge in [-0.3, -0.25) is 9.59 Å². The van der Waals surface area contributed by atoms with Crippen LogP contribution in [0.3, 0.4) is 0 Å². The van der Waals surface area contributed by atoms with E-state index in [2.05, 4.69) is 20.8 Å². The molecule has 4 aliphatic rings. The normalized spacial score (nSPS) is 45.3. The van der Waals surface area contributed by atoms with Crippen molar-refractivity contribution in [3.05, 3.63) is 0 Å². The second kappa shape index (κ2) is 9.51. The lowest BCUT2D eigenvalue weighted by Gasteiger charge is -2.62. The van der Waals surface area contributed by atoms with Crippen LogP contribution in [0.5, 0.6) is 0 Å². The molecule has 0 aromatic heterocycles. The van der Waals surface area contributed by atoms with E-state index in [1.807, 2.05) is 0 Å². The average Bonchev–Trinajstić information content (AvgIpc) is 3.12. The van der Waals surface area contributed by atoms with Crippen LogP contribution in [0.25, 0.3) is 0 Å². The Morgan fingerprint density at radius 3 is 2.33 bits per heavy atom. The van der Waals surface area contributed by atoms with Crippen molar-refractivity contribution in [2.45, 2.75) is 111 Å². The van der Waals surface area contributed by atoms with Gasteiger partial charge in [0.1, 0.15) is 6.10 Å². The van der Waals surface area contributed by atoms with Crippen molar-refractivity contribution >= 4 is 11.9 Å². The summed E-state index contributed by atoms with van der Waals surface area (Å²) in [7, 11) is 1.48. The van der Waals surface area contributed by atoms with Crippen molar-refractivity contribution in [2.75, 3.05) is 7.11 Å². The van der Waals surface area contributed by atoms with E-state index in [4.69, 9.17) is 9.47 Å². The van der Waals surface area contributed by atoms with Gasteiger partial charge in [0.15, 0.2) is 0 Å². The van der Waals surface area contributed by atoms with Gasteiger partial charge in [-0.2, -0.15) is 0 Å². The summed E-state index contributed by atoms with van der Waals surface area (Å²) in [6.45, 7) is 8.87. The van der Waals surface area contributed by atoms with Crippen molar-refractivity contribution in [2.24, 2.45) is 46.3 Å². The monoisotopic (exact) mass is 462 g/mol. The molecule has 188 valence electrons. The molecule has 4 rings (SSSR count). The van der Waals surface area contributed by atoms with E-state index in [0.29, 0.717) is 23.7 Å². The van der Waals surface area contributed by atoms with Crippen molar-refractivity contribution in [3.63, 3.8) is 0 Å². The summed E-state index contributed by atoms with van der Waals surface area (Å²) in [5.74, 6) is 3.49. The highest BCUT2D eigenvalue weighted by Gasteiger charge is 2.62. The first kappa shape index (κ1) is 25.0. The Kier molecular flexibility index (Phi) is 7.21. The van der Waals surface area contributed by atoms with E-state index in [0.717, 1.165) is 49.9 Å². The first-order chi connectivity index (χ1) is 15.6. The standard InChI is InChI=1S/C28H46O5/c1-17(7-6-8-25(30)32-5)20-11-12-21-19-9-10-23-26(31)24(33-18(2)29)14-16-28(23,4)22(19)13-15-27(20,21)3/h17,19-24,26,31H,6-16H2,1-5H3/t17-,19?,20-,21?,22?,23?,24+,26?,27-,28-/m1/s1.